The van der Waals surface area contributed by atoms with E-state index in [1.807, 2.05) is 0 Å². The second-order valence-electron chi connectivity index (χ2n) is 16.0. The summed E-state index contributed by atoms with van der Waals surface area (Å²) in [5.41, 5.74) is 0. The maximum absolute atomic E-state index is 12.8. The van der Waals surface area contributed by atoms with Gasteiger partial charge >= 0.3 is 17.9 Å². The van der Waals surface area contributed by atoms with Gasteiger partial charge in [0.2, 0.25) is 0 Å². The Bertz CT molecular complexity index is 1250. The van der Waals surface area contributed by atoms with Crippen molar-refractivity contribution in [2.45, 2.75) is 219 Å². The molecule has 0 spiro atoms. The predicted octanol–water partition coefficient (Wildman–Crippen LogP) is 16.2. The number of hydrogen-bond acceptors (Lipinski definition) is 6. The number of rotatable bonds is 43. The van der Waals surface area contributed by atoms with Gasteiger partial charge in [-0.3, -0.25) is 14.4 Å². The summed E-state index contributed by atoms with van der Waals surface area (Å²) in [5.74, 6) is -1.01. The van der Waals surface area contributed by atoms with E-state index in [2.05, 4.69) is 118 Å². The largest absolute Gasteiger partial charge is 0.462 e. The minimum atomic E-state index is -0.817. The van der Waals surface area contributed by atoms with Gasteiger partial charge in [0.1, 0.15) is 13.2 Å². The Labute approximate surface area is 375 Å². The molecule has 0 amide bonds. The van der Waals surface area contributed by atoms with E-state index in [0.717, 1.165) is 96.3 Å². The van der Waals surface area contributed by atoms with Crippen molar-refractivity contribution in [3.63, 3.8) is 0 Å². The van der Waals surface area contributed by atoms with E-state index < -0.39 is 6.10 Å². The molecule has 61 heavy (non-hydrogen) atoms. The average molecular weight is 847 g/mol. The van der Waals surface area contributed by atoms with Crippen molar-refractivity contribution in [1.29, 1.82) is 0 Å². The topological polar surface area (TPSA) is 78.9 Å². The first-order chi connectivity index (χ1) is 30.0. The second-order valence-corrected chi connectivity index (χ2v) is 16.0. The van der Waals surface area contributed by atoms with Gasteiger partial charge in [-0.1, -0.05) is 169 Å². The normalized spacial score (nSPS) is 12.9. The van der Waals surface area contributed by atoms with Crippen LogP contribution in [0.2, 0.25) is 0 Å². The van der Waals surface area contributed by atoms with Crippen LogP contribution in [-0.2, 0) is 28.6 Å². The molecule has 0 saturated carbocycles. The molecule has 0 rings (SSSR count). The van der Waals surface area contributed by atoms with Gasteiger partial charge in [-0.15, -0.1) is 0 Å². The van der Waals surface area contributed by atoms with Crippen molar-refractivity contribution < 1.29 is 28.6 Å². The number of hydrogen-bond donors (Lipinski definition) is 0. The van der Waals surface area contributed by atoms with Crippen LogP contribution in [0.15, 0.2) is 97.2 Å². The van der Waals surface area contributed by atoms with Gasteiger partial charge in [0, 0.05) is 19.3 Å². The van der Waals surface area contributed by atoms with E-state index in [4.69, 9.17) is 14.2 Å². The third-order valence-corrected chi connectivity index (χ3v) is 10.0. The lowest BCUT2D eigenvalue weighted by Crippen LogP contribution is -2.30. The highest BCUT2D eigenvalue weighted by Crippen LogP contribution is 2.12. The highest BCUT2D eigenvalue weighted by molar-refractivity contribution is 5.71. The fourth-order valence-corrected chi connectivity index (χ4v) is 6.31. The monoisotopic (exact) mass is 847 g/mol. The number of carbonyl (C=O) groups is 3. The fourth-order valence-electron chi connectivity index (χ4n) is 6.31. The standard InChI is InChI=1S/C55H90O6/c1-4-7-10-13-16-19-22-25-27-30-33-36-39-42-45-48-54(57)60-51-52(50-59-53(56)47-44-41-38-35-32-29-24-21-18-15-12-9-6-3)61-55(58)49-46-43-40-37-34-31-28-26-23-20-17-14-11-8-5-2/h7,10,16-17,19-21,24-28,33-34,36-37,52H,4-6,8-9,11-15,18,22-23,29-32,35,38-51H2,1-3H3/b10-7-,19-16-,20-17-,24-21-,27-25-,28-26-,36-33-,37-34-/t52-/m1/s1. The van der Waals surface area contributed by atoms with Gasteiger partial charge < -0.3 is 14.2 Å². The summed E-state index contributed by atoms with van der Waals surface area (Å²) in [6.45, 7) is 6.38. The number of ether oxygens (including phenoxy) is 3. The lowest BCUT2D eigenvalue weighted by atomic mass is 10.1. The summed E-state index contributed by atoms with van der Waals surface area (Å²) in [4.78, 5) is 37.9. The molecule has 0 heterocycles. The van der Waals surface area contributed by atoms with E-state index in [9.17, 15) is 14.4 Å². The first-order valence-corrected chi connectivity index (χ1v) is 24.7. The highest BCUT2D eigenvalue weighted by Gasteiger charge is 2.19. The number of allylic oxidation sites excluding steroid dienone is 16. The molecular formula is C55H90O6. The maximum atomic E-state index is 12.8. The van der Waals surface area contributed by atoms with Gasteiger partial charge in [-0.25, -0.2) is 0 Å². The summed E-state index contributed by atoms with van der Waals surface area (Å²) in [6, 6.07) is 0. The molecule has 0 fully saturated rings. The zero-order valence-electron chi connectivity index (χ0n) is 39.4. The van der Waals surface area contributed by atoms with E-state index >= 15 is 0 Å². The Morgan fingerprint density at radius 3 is 1.08 bits per heavy atom. The zero-order chi connectivity index (χ0) is 44.4. The van der Waals surface area contributed by atoms with Gasteiger partial charge in [0.25, 0.3) is 0 Å². The van der Waals surface area contributed by atoms with Crippen LogP contribution in [0.1, 0.15) is 213 Å². The Morgan fingerprint density at radius 2 is 0.639 bits per heavy atom. The molecule has 0 aliphatic carbocycles. The van der Waals surface area contributed by atoms with E-state index in [1.165, 1.54) is 64.2 Å². The molecule has 0 aliphatic heterocycles. The molecule has 0 aromatic heterocycles. The molecule has 0 aromatic carbocycles. The fraction of sp³-hybridized carbons (Fsp3) is 0.655. The summed E-state index contributed by atoms with van der Waals surface area (Å²) in [7, 11) is 0. The Balaban J connectivity index is 4.55. The van der Waals surface area contributed by atoms with Crippen LogP contribution < -0.4 is 0 Å². The minimum Gasteiger partial charge on any atom is -0.462 e. The van der Waals surface area contributed by atoms with Crippen LogP contribution in [-0.4, -0.2) is 37.2 Å². The van der Waals surface area contributed by atoms with Gasteiger partial charge in [0.05, 0.1) is 0 Å². The molecule has 0 bridgehead atoms. The maximum Gasteiger partial charge on any atom is 0.306 e. The SMILES string of the molecule is CC/C=C\C/C=C\C/C=C\C/C=C\CCCCC(=O)OC[C@@H](COC(=O)CCCCCCC/C=C\CCCCCC)OC(=O)CCCC/C=C\C/C=C\C/C=C\CCCCC. The summed E-state index contributed by atoms with van der Waals surface area (Å²) < 4.78 is 16.7. The summed E-state index contributed by atoms with van der Waals surface area (Å²) in [5, 5.41) is 0. The van der Waals surface area contributed by atoms with Crippen LogP contribution in [0.3, 0.4) is 0 Å². The minimum absolute atomic E-state index is 0.112. The number of carbonyl (C=O) groups excluding carboxylic acids is 3. The first-order valence-electron chi connectivity index (χ1n) is 24.7. The van der Waals surface area contributed by atoms with E-state index in [1.54, 1.807) is 0 Å². The van der Waals surface area contributed by atoms with Gasteiger partial charge in [-0.2, -0.15) is 0 Å². The van der Waals surface area contributed by atoms with Crippen LogP contribution in [0, 0.1) is 0 Å². The Kier molecular flexibility index (Phi) is 46.0. The first kappa shape index (κ1) is 57.3. The Morgan fingerprint density at radius 1 is 0.344 bits per heavy atom. The molecule has 0 aliphatic rings. The van der Waals surface area contributed by atoms with Crippen molar-refractivity contribution in [2.75, 3.05) is 13.2 Å². The predicted molar refractivity (Wildman–Crippen MR) is 260 cm³/mol. The van der Waals surface area contributed by atoms with Gasteiger partial charge in [-0.05, 0) is 122 Å². The Hall–Kier alpha value is -3.67. The molecule has 0 unspecified atom stereocenters. The molecule has 0 saturated heterocycles. The van der Waals surface area contributed by atoms with Crippen LogP contribution in [0.25, 0.3) is 0 Å². The second kappa shape index (κ2) is 49.0. The summed E-state index contributed by atoms with van der Waals surface area (Å²) in [6.07, 6.45) is 63.9. The molecule has 346 valence electrons. The summed E-state index contributed by atoms with van der Waals surface area (Å²) >= 11 is 0. The number of unbranched alkanes of at least 4 members (excludes halogenated alkanes) is 16. The van der Waals surface area contributed by atoms with Crippen molar-refractivity contribution in [3.8, 4) is 0 Å². The molecule has 6 heteroatoms. The van der Waals surface area contributed by atoms with Crippen molar-refractivity contribution in [3.05, 3.63) is 97.2 Å². The van der Waals surface area contributed by atoms with Crippen LogP contribution >= 0.6 is 0 Å². The van der Waals surface area contributed by atoms with E-state index in [-0.39, 0.29) is 37.5 Å². The molecule has 6 nitrogen and oxygen atoms in total. The lowest BCUT2D eigenvalue weighted by molar-refractivity contribution is -0.167. The molecule has 0 aromatic rings. The smallest absolute Gasteiger partial charge is 0.306 e. The van der Waals surface area contributed by atoms with Gasteiger partial charge in [0.15, 0.2) is 6.10 Å². The quantitative estimate of drug-likeness (QED) is 0.0263. The molecule has 0 radical (unpaired) electrons. The van der Waals surface area contributed by atoms with Crippen LogP contribution in [0.4, 0.5) is 0 Å². The third kappa shape index (κ3) is 47.2. The third-order valence-electron chi connectivity index (χ3n) is 10.0. The van der Waals surface area contributed by atoms with Crippen molar-refractivity contribution in [1.82, 2.24) is 0 Å². The lowest BCUT2D eigenvalue weighted by Gasteiger charge is -2.18. The molecular weight excluding hydrogens is 757 g/mol. The van der Waals surface area contributed by atoms with Crippen LogP contribution in [0.5, 0.6) is 0 Å². The van der Waals surface area contributed by atoms with Crippen molar-refractivity contribution >= 4 is 17.9 Å². The number of esters is 3. The van der Waals surface area contributed by atoms with Crippen molar-refractivity contribution in [2.24, 2.45) is 0 Å². The van der Waals surface area contributed by atoms with E-state index in [0.29, 0.717) is 25.7 Å². The average Bonchev–Trinajstić information content (AvgIpc) is 3.26. The molecule has 0 N–H and O–H groups in total. The highest BCUT2D eigenvalue weighted by atomic mass is 16.6. The zero-order valence-corrected chi connectivity index (χ0v) is 39.4. The molecule has 1 atom stereocenters.